The summed E-state index contributed by atoms with van der Waals surface area (Å²) in [6.07, 6.45) is 0. The van der Waals surface area contributed by atoms with E-state index in [1.807, 2.05) is 0 Å². The number of hydrogen-bond donors (Lipinski definition) is 3. The number of carbonyl (C=O) groups excluding carboxylic acids is 2. The smallest absolute Gasteiger partial charge is 0.331 e. The zero-order valence-electron chi connectivity index (χ0n) is 20.2. The molecular weight excluding hydrogens is 545 g/mol. The molecule has 1 aliphatic rings. The van der Waals surface area contributed by atoms with Crippen LogP contribution in [0.15, 0.2) is 78.9 Å². The monoisotopic (exact) mass is 565 g/mol. The van der Waals surface area contributed by atoms with Gasteiger partial charge in [-0.25, -0.2) is 9.18 Å². The average molecular weight is 566 g/mol. The molecule has 1 aromatic heterocycles. The summed E-state index contributed by atoms with van der Waals surface area (Å²) in [4.78, 5) is 39.4. The van der Waals surface area contributed by atoms with Crippen molar-refractivity contribution in [2.75, 3.05) is 16.9 Å². The van der Waals surface area contributed by atoms with Crippen molar-refractivity contribution < 1.29 is 28.6 Å². The van der Waals surface area contributed by atoms with E-state index < -0.39 is 17.9 Å². The molecule has 5 rings (SSSR count). The number of halogens is 2. The van der Waals surface area contributed by atoms with Gasteiger partial charge in [0.1, 0.15) is 11.6 Å². The molecule has 1 atom stereocenters. The lowest BCUT2D eigenvalue weighted by Crippen LogP contribution is -2.38. The summed E-state index contributed by atoms with van der Waals surface area (Å²) < 4.78 is 19.4. The molecule has 0 bridgehead atoms. The first-order valence-electron chi connectivity index (χ1n) is 11.7. The number of ether oxygens (including phenoxy) is 1. The molecule has 0 aliphatic carbocycles. The van der Waals surface area contributed by atoms with Crippen LogP contribution < -0.4 is 20.3 Å². The second kappa shape index (κ2) is 11.1. The van der Waals surface area contributed by atoms with Crippen LogP contribution in [0.5, 0.6) is 5.75 Å². The summed E-state index contributed by atoms with van der Waals surface area (Å²) in [5.41, 5.74) is 2.79. The highest BCUT2D eigenvalue weighted by atomic mass is 35.5. The Balaban J connectivity index is 1.24. The maximum Gasteiger partial charge on any atom is 0.331 e. The van der Waals surface area contributed by atoms with Gasteiger partial charge in [0.2, 0.25) is 0 Å². The van der Waals surface area contributed by atoms with Crippen molar-refractivity contribution in [3.63, 3.8) is 0 Å². The van der Waals surface area contributed by atoms with Crippen molar-refractivity contribution >= 4 is 52.1 Å². The van der Waals surface area contributed by atoms with Gasteiger partial charge in [-0.05, 0) is 66.2 Å². The fourth-order valence-electron chi connectivity index (χ4n) is 4.01. The summed E-state index contributed by atoms with van der Waals surface area (Å²) in [5.74, 6) is -1.91. The first kappa shape index (κ1) is 26.2. The summed E-state index contributed by atoms with van der Waals surface area (Å²) in [6, 6.07) is 19.4. The molecule has 4 aromatic rings. The normalized spacial score (nSPS) is 13.3. The molecular formula is C28H21ClFN3O5S. The molecule has 1 unspecified atom stereocenters. The molecule has 0 fully saturated rings. The number of nitrogens with zero attached hydrogens (tertiary/aromatic N) is 1. The van der Waals surface area contributed by atoms with Crippen LogP contribution in [0.2, 0.25) is 4.34 Å². The van der Waals surface area contributed by atoms with E-state index in [2.05, 4.69) is 10.6 Å². The predicted octanol–water partition coefficient (Wildman–Crippen LogP) is 5.71. The van der Waals surface area contributed by atoms with Crippen molar-refractivity contribution in [1.82, 2.24) is 5.32 Å². The number of fused-ring (bicyclic) bond motifs is 1. The number of anilines is 2. The van der Waals surface area contributed by atoms with Crippen LogP contribution >= 0.6 is 22.9 Å². The Labute approximate surface area is 231 Å². The minimum atomic E-state index is -1.24. The molecule has 3 N–H and O–H groups in total. The number of carboxylic acid groups (broad SMARTS) is 1. The maximum atomic E-state index is 13.2. The molecule has 39 heavy (non-hydrogen) atoms. The minimum Gasteiger partial charge on any atom is -0.479 e. The second-order valence-corrected chi connectivity index (χ2v) is 10.4. The van der Waals surface area contributed by atoms with Crippen LogP contribution in [0.25, 0.3) is 0 Å². The van der Waals surface area contributed by atoms with E-state index in [-0.39, 0.29) is 24.0 Å². The number of aliphatic carboxylic acids is 1. The number of thiophene rings is 1. The Morgan fingerprint density at radius 2 is 1.79 bits per heavy atom. The minimum absolute atomic E-state index is 0.0288. The topological polar surface area (TPSA) is 108 Å². The van der Waals surface area contributed by atoms with Crippen molar-refractivity contribution in [1.29, 1.82) is 0 Å². The van der Waals surface area contributed by atoms with Gasteiger partial charge in [0.15, 0.2) is 12.8 Å². The van der Waals surface area contributed by atoms with Crippen LogP contribution in [0, 0.1) is 5.82 Å². The Morgan fingerprint density at radius 3 is 2.46 bits per heavy atom. The molecule has 2 amide bonds. The quantitative estimate of drug-likeness (QED) is 0.253. The van der Waals surface area contributed by atoms with Gasteiger partial charge >= 0.3 is 5.97 Å². The summed E-state index contributed by atoms with van der Waals surface area (Å²) in [6.45, 7) is 0.451. The van der Waals surface area contributed by atoms with E-state index in [1.165, 1.54) is 29.2 Å². The van der Waals surface area contributed by atoms with Crippen LogP contribution in [0.1, 0.15) is 37.2 Å². The van der Waals surface area contributed by atoms with Gasteiger partial charge in [0.05, 0.1) is 9.90 Å². The molecule has 1 aliphatic heterocycles. The van der Waals surface area contributed by atoms with E-state index in [9.17, 15) is 23.9 Å². The molecule has 8 nitrogen and oxygen atoms in total. The van der Waals surface area contributed by atoms with Crippen molar-refractivity contribution in [3.8, 4) is 5.75 Å². The van der Waals surface area contributed by atoms with E-state index in [0.29, 0.717) is 32.8 Å². The first-order chi connectivity index (χ1) is 18.8. The fourth-order valence-corrected chi connectivity index (χ4v) is 5.12. The van der Waals surface area contributed by atoms with E-state index in [1.54, 1.807) is 54.6 Å². The molecule has 0 radical (unpaired) electrons. The zero-order chi connectivity index (χ0) is 27.5. The highest BCUT2D eigenvalue weighted by molar-refractivity contribution is 7.16. The summed E-state index contributed by atoms with van der Waals surface area (Å²) in [7, 11) is 0. The van der Waals surface area contributed by atoms with Crippen LogP contribution in [0.3, 0.4) is 0 Å². The number of carbonyl (C=O) groups is 3. The third-order valence-electron chi connectivity index (χ3n) is 6.06. The number of rotatable bonds is 8. The van der Waals surface area contributed by atoms with E-state index in [4.69, 9.17) is 16.3 Å². The number of benzene rings is 3. The van der Waals surface area contributed by atoms with Crippen molar-refractivity contribution in [3.05, 3.63) is 111 Å². The average Bonchev–Trinajstić information content (AvgIpc) is 3.37. The largest absolute Gasteiger partial charge is 0.479 e. The van der Waals surface area contributed by atoms with Gasteiger partial charge in [0.25, 0.3) is 11.8 Å². The molecule has 0 spiro atoms. The fraction of sp³-hybridized carbons (Fsp3) is 0.107. The first-order valence-corrected chi connectivity index (χ1v) is 12.9. The Bertz CT molecular complexity index is 1540. The zero-order valence-corrected chi connectivity index (χ0v) is 21.8. The van der Waals surface area contributed by atoms with Crippen LogP contribution in [-0.4, -0.2) is 29.6 Å². The van der Waals surface area contributed by atoms with E-state index >= 15 is 0 Å². The lowest BCUT2D eigenvalue weighted by molar-refractivity contribution is -0.139. The Morgan fingerprint density at radius 1 is 1.05 bits per heavy atom. The number of carboxylic acids is 1. The third-order valence-corrected chi connectivity index (χ3v) is 7.35. The van der Waals surface area contributed by atoms with Gasteiger partial charge < -0.3 is 20.5 Å². The van der Waals surface area contributed by atoms with Crippen molar-refractivity contribution in [2.24, 2.45) is 0 Å². The maximum absolute atomic E-state index is 13.2. The van der Waals surface area contributed by atoms with Gasteiger partial charge in [-0.3, -0.25) is 14.5 Å². The van der Waals surface area contributed by atoms with Crippen LogP contribution in [0.4, 0.5) is 15.8 Å². The standard InChI is InChI=1S/C28H21ClFN3O5S/c29-24-12-11-23(39-24)25(28(36)37)32-26(34)17-3-8-20(9-4-17)33-15-38-22-13-19(7-10-21(22)27(33)35)31-14-16-1-5-18(30)6-2-16/h1-13,25,31H,14-15H2,(H,32,34)(H,36,37). The summed E-state index contributed by atoms with van der Waals surface area (Å²) in [5, 5.41) is 15.3. The van der Waals surface area contributed by atoms with Crippen LogP contribution in [-0.2, 0) is 11.3 Å². The van der Waals surface area contributed by atoms with Crippen molar-refractivity contribution in [2.45, 2.75) is 12.6 Å². The van der Waals surface area contributed by atoms with Gasteiger partial charge in [0, 0.05) is 34.4 Å². The predicted molar refractivity (Wildman–Crippen MR) is 146 cm³/mol. The highest BCUT2D eigenvalue weighted by Crippen LogP contribution is 2.31. The van der Waals surface area contributed by atoms with Gasteiger partial charge in [-0.2, -0.15) is 0 Å². The Kier molecular flexibility index (Phi) is 7.49. The summed E-state index contributed by atoms with van der Waals surface area (Å²) >= 11 is 6.98. The second-order valence-electron chi connectivity index (χ2n) is 8.63. The molecule has 0 saturated heterocycles. The lowest BCUT2D eigenvalue weighted by atomic mass is 10.1. The molecule has 3 aromatic carbocycles. The molecule has 11 heteroatoms. The number of hydrogen-bond acceptors (Lipinski definition) is 6. The Hall–Kier alpha value is -4.41. The number of nitrogens with one attached hydrogen (secondary N) is 2. The highest BCUT2D eigenvalue weighted by Gasteiger charge is 2.28. The van der Waals surface area contributed by atoms with E-state index in [0.717, 1.165) is 22.6 Å². The third kappa shape index (κ3) is 5.87. The lowest BCUT2D eigenvalue weighted by Gasteiger charge is -2.29. The molecule has 0 saturated carbocycles. The molecule has 2 heterocycles. The number of amides is 2. The molecule has 198 valence electrons. The van der Waals surface area contributed by atoms with Gasteiger partial charge in [-0.15, -0.1) is 11.3 Å². The van der Waals surface area contributed by atoms with Gasteiger partial charge in [-0.1, -0.05) is 23.7 Å². The SMILES string of the molecule is O=C(NC(C(=O)O)c1ccc(Cl)s1)c1ccc(N2COc3cc(NCc4ccc(F)cc4)ccc3C2=O)cc1.